The zero-order valence-electron chi connectivity index (χ0n) is 8.76. The molecule has 1 aromatic heterocycles. The van der Waals surface area contributed by atoms with Crippen molar-refractivity contribution in [2.45, 2.75) is 6.54 Å². The lowest BCUT2D eigenvalue weighted by atomic mass is 10.5. The summed E-state index contributed by atoms with van der Waals surface area (Å²) in [6, 6.07) is 3.84. The van der Waals surface area contributed by atoms with Crippen LogP contribution in [-0.2, 0) is 16.1 Å². The van der Waals surface area contributed by atoms with Crippen LogP contribution in [0.4, 0.5) is 0 Å². The predicted molar refractivity (Wildman–Crippen MR) is 62.4 cm³/mol. The van der Waals surface area contributed by atoms with Crippen molar-refractivity contribution in [3.05, 3.63) is 24.5 Å². The first-order chi connectivity index (χ1) is 7.68. The van der Waals surface area contributed by atoms with Crippen molar-refractivity contribution in [3.8, 4) is 0 Å². The van der Waals surface area contributed by atoms with E-state index in [-0.39, 0.29) is 17.4 Å². The smallest absolute Gasteiger partial charge is 0.313 e. The summed E-state index contributed by atoms with van der Waals surface area (Å²) in [7, 11) is 0. The minimum Gasteiger partial charge on any atom is -0.481 e. The van der Waals surface area contributed by atoms with E-state index in [0.717, 1.165) is 18.3 Å². The van der Waals surface area contributed by atoms with Gasteiger partial charge in [0.2, 0.25) is 5.91 Å². The summed E-state index contributed by atoms with van der Waals surface area (Å²) in [6.45, 7) is 1.28. The Morgan fingerprint density at radius 1 is 1.25 bits per heavy atom. The summed E-state index contributed by atoms with van der Waals surface area (Å²) in [5.74, 6) is -0.869. The highest BCUT2D eigenvalue weighted by atomic mass is 32.2. The van der Waals surface area contributed by atoms with Gasteiger partial charge in [-0.05, 0) is 12.1 Å². The van der Waals surface area contributed by atoms with Gasteiger partial charge in [0.05, 0.1) is 11.5 Å². The van der Waals surface area contributed by atoms with Crippen molar-refractivity contribution in [3.63, 3.8) is 0 Å². The van der Waals surface area contributed by atoms with E-state index < -0.39 is 5.97 Å². The van der Waals surface area contributed by atoms with Gasteiger partial charge in [-0.25, -0.2) is 0 Å². The maximum atomic E-state index is 11.2. The van der Waals surface area contributed by atoms with Crippen LogP contribution in [0, 0.1) is 0 Å². The van der Waals surface area contributed by atoms with Gasteiger partial charge in [0.15, 0.2) is 0 Å². The van der Waals surface area contributed by atoms with Crippen LogP contribution in [0.25, 0.3) is 0 Å². The molecule has 0 aliphatic carbocycles. The molecule has 0 saturated heterocycles. The fraction of sp³-hybridized carbons (Fsp3) is 0.400. The second-order valence-corrected chi connectivity index (χ2v) is 4.14. The number of nitrogens with zero attached hydrogens (tertiary/aromatic N) is 1. The van der Waals surface area contributed by atoms with Crippen LogP contribution in [0.2, 0.25) is 0 Å². The van der Waals surface area contributed by atoms with Crippen LogP contribution in [0.1, 0.15) is 0 Å². The summed E-state index contributed by atoms with van der Waals surface area (Å²) >= 11 is 1.10. The van der Waals surface area contributed by atoms with E-state index in [2.05, 4.69) is 5.32 Å². The molecule has 0 aliphatic heterocycles. The van der Waals surface area contributed by atoms with Crippen LogP contribution >= 0.6 is 11.8 Å². The van der Waals surface area contributed by atoms with Gasteiger partial charge in [0, 0.05) is 25.5 Å². The lowest BCUT2D eigenvalue weighted by molar-refractivity contribution is -0.133. The molecule has 0 unspecified atom stereocenters. The zero-order chi connectivity index (χ0) is 11.8. The molecular weight excluding hydrogens is 228 g/mol. The number of carboxylic acid groups (broad SMARTS) is 1. The molecule has 6 heteroatoms. The molecular formula is C10H14N2O3S. The van der Waals surface area contributed by atoms with Crippen molar-refractivity contribution in [2.75, 3.05) is 18.1 Å². The van der Waals surface area contributed by atoms with Gasteiger partial charge in [-0.2, -0.15) is 0 Å². The van der Waals surface area contributed by atoms with Crippen molar-refractivity contribution in [1.82, 2.24) is 9.88 Å². The van der Waals surface area contributed by atoms with Gasteiger partial charge in [0.1, 0.15) is 0 Å². The fourth-order valence-corrected chi connectivity index (χ4v) is 1.69. The third-order valence-electron chi connectivity index (χ3n) is 1.82. The third kappa shape index (κ3) is 5.45. The Kier molecular flexibility index (Phi) is 5.49. The van der Waals surface area contributed by atoms with Gasteiger partial charge in [-0.1, -0.05) is 0 Å². The highest BCUT2D eigenvalue weighted by Crippen LogP contribution is 1.97. The molecule has 1 rings (SSSR count). The number of carbonyl (C=O) groups is 2. The van der Waals surface area contributed by atoms with Gasteiger partial charge in [-0.15, -0.1) is 11.8 Å². The normalized spacial score (nSPS) is 10.0. The minimum absolute atomic E-state index is 0.0367. The highest BCUT2D eigenvalue weighted by Gasteiger charge is 2.03. The molecule has 2 N–H and O–H groups in total. The molecule has 0 radical (unpaired) electrons. The monoisotopic (exact) mass is 242 g/mol. The Bertz CT molecular complexity index is 338. The van der Waals surface area contributed by atoms with Crippen molar-refractivity contribution < 1.29 is 14.7 Å². The number of amides is 1. The number of nitrogens with one attached hydrogen (secondary N) is 1. The quantitative estimate of drug-likeness (QED) is 0.727. The minimum atomic E-state index is -0.898. The van der Waals surface area contributed by atoms with Crippen LogP contribution in [0.3, 0.4) is 0 Å². The first-order valence-electron chi connectivity index (χ1n) is 4.85. The Morgan fingerprint density at radius 3 is 2.56 bits per heavy atom. The van der Waals surface area contributed by atoms with Crippen molar-refractivity contribution in [1.29, 1.82) is 0 Å². The van der Waals surface area contributed by atoms with E-state index in [1.54, 1.807) is 0 Å². The lowest BCUT2D eigenvalue weighted by Crippen LogP contribution is -2.28. The highest BCUT2D eigenvalue weighted by molar-refractivity contribution is 8.00. The second-order valence-electron chi connectivity index (χ2n) is 3.16. The molecule has 0 spiro atoms. The van der Waals surface area contributed by atoms with Crippen LogP contribution < -0.4 is 5.32 Å². The maximum absolute atomic E-state index is 11.2. The number of carbonyl (C=O) groups excluding carboxylic acids is 1. The van der Waals surface area contributed by atoms with Gasteiger partial charge in [0.25, 0.3) is 0 Å². The molecule has 88 valence electrons. The average Bonchev–Trinajstić information content (AvgIpc) is 2.70. The van der Waals surface area contributed by atoms with E-state index in [4.69, 9.17) is 5.11 Å². The Balaban J connectivity index is 2.04. The fourth-order valence-electron chi connectivity index (χ4n) is 1.13. The predicted octanol–water partition coefficient (Wildman–Crippen LogP) is 0.422. The SMILES string of the molecule is O=C(O)CSCC(=O)NCCn1cccc1. The zero-order valence-corrected chi connectivity index (χ0v) is 9.57. The van der Waals surface area contributed by atoms with Crippen LogP contribution in [0.5, 0.6) is 0 Å². The molecule has 0 aromatic carbocycles. The van der Waals surface area contributed by atoms with Crippen molar-refractivity contribution >= 4 is 23.6 Å². The van der Waals surface area contributed by atoms with E-state index >= 15 is 0 Å². The van der Waals surface area contributed by atoms with Crippen LogP contribution in [-0.4, -0.2) is 39.6 Å². The number of thioether (sulfide) groups is 1. The van der Waals surface area contributed by atoms with Crippen molar-refractivity contribution in [2.24, 2.45) is 0 Å². The number of aliphatic carboxylic acids is 1. The average molecular weight is 242 g/mol. The summed E-state index contributed by atoms with van der Waals surface area (Å²) < 4.78 is 1.96. The molecule has 0 bridgehead atoms. The topological polar surface area (TPSA) is 71.3 Å². The standard InChI is InChI=1S/C10H14N2O3S/c13-9(7-16-8-10(14)15)11-3-6-12-4-1-2-5-12/h1-2,4-5H,3,6-8H2,(H,11,13)(H,14,15). The first kappa shape index (κ1) is 12.6. The third-order valence-corrected chi connectivity index (χ3v) is 2.73. The molecule has 0 fully saturated rings. The Labute approximate surface area is 97.8 Å². The summed E-state index contributed by atoms with van der Waals surface area (Å²) in [6.07, 6.45) is 3.84. The molecule has 1 aromatic rings. The number of hydrogen-bond acceptors (Lipinski definition) is 3. The first-order valence-corrected chi connectivity index (χ1v) is 6.01. The molecule has 16 heavy (non-hydrogen) atoms. The van der Waals surface area contributed by atoms with Crippen LogP contribution in [0.15, 0.2) is 24.5 Å². The Morgan fingerprint density at radius 2 is 1.94 bits per heavy atom. The van der Waals surface area contributed by atoms with Gasteiger partial charge in [-0.3, -0.25) is 9.59 Å². The summed E-state index contributed by atoms with van der Waals surface area (Å²) in [4.78, 5) is 21.4. The Hall–Kier alpha value is -1.43. The summed E-state index contributed by atoms with van der Waals surface area (Å²) in [5.41, 5.74) is 0. The summed E-state index contributed by atoms with van der Waals surface area (Å²) in [5, 5.41) is 11.1. The molecule has 1 amide bonds. The second kappa shape index (κ2) is 6.95. The number of rotatable bonds is 7. The van der Waals surface area contributed by atoms with Gasteiger partial charge >= 0.3 is 5.97 Å². The van der Waals surface area contributed by atoms with E-state index in [9.17, 15) is 9.59 Å². The maximum Gasteiger partial charge on any atom is 0.313 e. The molecule has 0 aliphatic rings. The molecule has 5 nitrogen and oxygen atoms in total. The molecule has 0 saturated carbocycles. The largest absolute Gasteiger partial charge is 0.481 e. The van der Waals surface area contributed by atoms with E-state index in [1.165, 1.54) is 0 Å². The van der Waals surface area contributed by atoms with Gasteiger partial charge < -0.3 is 15.0 Å². The van der Waals surface area contributed by atoms with E-state index in [0.29, 0.717) is 6.54 Å². The number of aromatic nitrogens is 1. The number of hydrogen-bond donors (Lipinski definition) is 2. The number of carboxylic acids is 1. The van der Waals surface area contributed by atoms with E-state index in [1.807, 2.05) is 29.1 Å². The molecule has 1 heterocycles. The molecule has 0 atom stereocenters. The lowest BCUT2D eigenvalue weighted by Gasteiger charge is -2.05.